The molecule has 0 radical (unpaired) electrons. The van der Waals surface area contributed by atoms with Crippen LogP contribution in [0.15, 0.2) is 4.99 Å². The van der Waals surface area contributed by atoms with Crippen LogP contribution in [-0.4, -0.2) is 29.4 Å². The molecule has 1 rings (SSSR count). The SMILES string of the molecule is C/N=C(/N)N(C#N)CCCc1sc(N)nc1C. The zero-order chi connectivity index (χ0) is 12.8. The lowest BCUT2D eigenvalue weighted by molar-refractivity contribution is 0.542. The first-order valence-corrected chi connectivity index (χ1v) is 6.01. The topological polar surface area (TPSA) is 104 Å². The molecule has 0 atom stereocenters. The van der Waals surface area contributed by atoms with E-state index in [0.29, 0.717) is 11.7 Å². The molecule has 0 aliphatic heterocycles. The number of thiazole rings is 1. The second kappa shape index (κ2) is 6.06. The Morgan fingerprint density at radius 1 is 1.65 bits per heavy atom. The van der Waals surface area contributed by atoms with Gasteiger partial charge in [-0.15, -0.1) is 11.3 Å². The van der Waals surface area contributed by atoms with Gasteiger partial charge < -0.3 is 11.5 Å². The normalized spacial score (nSPS) is 11.2. The number of hydrogen-bond acceptors (Lipinski definition) is 5. The second-order valence-electron chi connectivity index (χ2n) is 3.50. The highest BCUT2D eigenvalue weighted by molar-refractivity contribution is 7.15. The molecule has 0 aliphatic carbocycles. The van der Waals surface area contributed by atoms with E-state index >= 15 is 0 Å². The van der Waals surface area contributed by atoms with Crippen molar-refractivity contribution in [2.75, 3.05) is 19.3 Å². The lowest BCUT2D eigenvalue weighted by atomic mass is 10.2. The van der Waals surface area contributed by atoms with E-state index in [9.17, 15) is 0 Å². The Balaban J connectivity index is 2.48. The maximum atomic E-state index is 8.87. The first-order chi connectivity index (χ1) is 8.08. The number of guanidine groups is 1. The van der Waals surface area contributed by atoms with Gasteiger partial charge in [-0.25, -0.2) is 9.88 Å². The van der Waals surface area contributed by atoms with Crippen molar-refractivity contribution in [3.63, 3.8) is 0 Å². The first-order valence-electron chi connectivity index (χ1n) is 5.19. The smallest absolute Gasteiger partial charge is 0.204 e. The lowest BCUT2D eigenvalue weighted by Crippen LogP contribution is -2.34. The molecule has 17 heavy (non-hydrogen) atoms. The third kappa shape index (κ3) is 3.60. The molecule has 0 bridgehead atoms. The fourth-order valence-electron chi connectivity index (χ4n) is 1.42. The largest absolute Gasteiger partial charge is 0.375 e. The zero-order valence-electron chi connectivity index (χ0n) is 9.97. The summed E-state index contributed by atoms with van der Waals surface area (Å²) in [5, 5.41) is 9.46. The molecule has 0 saturated carbocycles. The van der Waals surface area contributed by atoms with E-state index in [-0.39, 0.29) is 5.96 Å². The summed E-state index contributed by atoms with van der Waals surface area (Å²) >= 11 is 1.49. The Labute approximate surface area is 105 Å². The molecule has 0 saturated heterocycles. The fraction of sp³-hybridized carbons (Fsp3) is 0.500. The number of rotatable bonds is 4. The van der Waals surface area contributed by atoms with Crippen molar-refractivity contribution < 1.29 is 0 Å². The average Bonchev–Trinajstić information content (AvgIpc) is 2.62. The molecule has 4 N–H and O–H groups in total. The van der Waals surface area contributed by atoms with E-state index in [1.165, 1.54) is 16.2 Å². The predicted molar refractivity (Wildman–Crippen MR) is 69.4 cm³/mol. The average molecular weight is 252 g/mol. The molecular formula is C10H16N6S. The molecular weight excluding hydrogens is 236 g/mol. The maximum Gasteiger partial charge on any atom is 0.204 e. The third-order valence-electron chi connectivity index (χ3n) is 2.32. The molecule has 1 aromatic rings. The van der Waals surface area contributed by atoms with Crippen LogP contribution in [0.4, 0.5) is 5.13 Å². The van der Waals surface area contributed by atoms with E-state index in [1.807, 2.05) is 13.1 Å². The molecule has 0 unspecified atom stereocenters. The summed E-state index contributed by atoms with van der Waals surface area (Å²) in [6.45, 7) is 2.49. The van der Waals surface area contributed by atoms with Gasteiger partial charge in [-0.3, -0.25) is 4.99 Å². The summed E-state index contributed by atoms with van der Waals surface area (Å²) < 4.78 is 0. The number of nitriles is 1. The van der Waals surface area contributed by atoms with Gasteiger partial charge in [-0.1, -0.05) is 0 Å². The monoisotopic (exact) mass is 252 g/mol. The summed E-state index contributed by atoms with van der Waals surface area (Å²) in [4.78, 5) is 10.5. The van der Waals surface area contributed by atoms with Crippen LogP contribution in [0.2, 0.25) is 0 Å². The summed E-state index contributed by atoms with van der Waals surface area (Å²) in [5.74, 6) is 0.244. The van der Waals surface area contributed by atoms with Gasteiger partial charge in [0.05, 0.1) is 5.69 Å². The van der Waals surface area contributed by atoms with Crippen molar-refractivity contribution in [3.8, 4) is 6.19 Å². The molecule has 0 spiro atoms. The van der Waals surface area contributed by atoms with E-state index in [0.717, 1.165) is 23.4 Å². The van der Waals surface area contributed by atoms with E-state index in [4.69, 9.17) is 16.7 Å². The van der Waals surface area contributed by atoms with Gasteiger partial charge in [0.15, 0.2) is 11.3 Å². The Kier molecular flexibility index (Phi) is 4.72. The number of hydrogen-bond donors (Lipinski definition) is 2. The molecule has 92 valence electrons. The number of nitrogen functional groups attached to an aromatic ring is 1. The molecule has 1 aromatic heterocycles. The maximum absolute atomic E-state index is 8.87. The third-order valence-corrected chi connectivity index (χ3v) is 3.37. The Hall–Kier alpha value is -1.81. The highest BCUT2D eigenvalue weighted by Crippen LogP contribution is 2.21. The highest BCUT2D eigenvalue weighted by Gasteiger charge is 2.08. The number of aromatic nitrogens is 1. The summed E-state index contributed by atoms with van der Waals surface area (Å²) in [5.41, 5.74) is 12.1. The fourth-order valence-corrected chi connectivity index (χ4v) is 2.29. The van der Waals surface area contributed by atoms with E-state index in [2.05, 4.69) is 9.98 Å². The molecule has 7 heteroatoms. The van der Waals surface area contributed by atoms with Crippen LogP contribution in [0.25, 0.3) is 0 Å². The van der Waals surface area contributed by atoms with Gasteiger partial charge in [-0.05, 0) is 19.8 Å². The molecule has 0 fully saturated rings. The van der Waals surface area contributed by atoms with Gasteiger partial charge in [-0.2, -0.15) is 5.26 Å². The van der Waals surface area contributed by atoms with Crippen LogP contribution in [0, 0.1) is 18.4 Å². The van der Waals surface area contributed by atoms with Gasteiger partial charge in [0.2, 0.25) is 5.96 Å². The van der Waals surface area contributed by atoms with Gasteiger partial charge in [0.25, 0.3) is 0 Å². The Morgan fingerprint density at radius 3 is 2.82 bits per heavy atom. The minimum atomic E-state index is 0.244. The molecule has 6 nitrogen and oxygen atoms in total. The minimum absolute atomic E-state index is 0.244. The summed E-state index contributed by atoms with van der Waals surface area (Å²) in [6.07, 6.45) is 3.65. The van der Waals surface area contributed by atoms with Crippen molar-refractivity contribution in [2.24, 2.45) is 10.7 Å². The van der Waals surface area contributed by atoms with Gasteiger partial charge in [0.1, 0.15) is 0 Å². The first kappa shape index (κ1) is 13.3. The van der Waals surface area contributed by atoms with E-state index in [1.54, 1.807) is 7.05 Å². The number of aryl methyl sites for hydroxylation is 2. The number of aliphatic imine (C=N–C) groups is 1. The zero-order valence-corrected chi connectivity index (χ0v) is 10.8. The summed E-state index contributed by atoms with van der Waals surface area (Å²) in [6, 6.07) is 0. The van der Waals surface area contributed by atoms with Crippen LogP contribution < -0.4 is 11.5 Å². The van der Waals surface area contributed by atoms with Crippen molar-refractivity contribution >= 4 is 22.4 Å². The standard InChI is InChI=1S/C10H16N6S/c1-7-8(17-10(13)15-7)4-3-5-16(6-11)9(12)14-2/h3-5H2,1-2H3,(H2,12,14)(H2,13,15). The molecule has 0 aliphatic rings. The molecule has 1 heterocycles. The molecule has 0 aromatic carbocycles. The quantitative estimate of drug-likeness (QED) is 0.355. The summed E-state index contributed by atoms with van der Waals surface area (Å²) in [7, 11) is 1.56. The van der Waals surface area contributed by atoms with Crippen molar-refractivity contribution in [1.29, 1.82) is 5.26 Å². The number of anilines is 1. The van der Waals surface area contributed by atoms with Gasteiger partial charge >= 0.3 is 0 Å². The van der Waals surface area contributed by atoms with Crippen LogP contribution in [0.3, 0.4) is 0 Å². The van der Waals surface area contributed by atoms with Crippen molar-refractivity contribution in [1.82, 2.24) is 9.88 Å². The van der Waals surface area contributed by atoms with E-state index < -0.39 is 0 Å². The minimum Gasteiger partial charge on any atom is -0.375 e. The van der Waals surface area contributed by atoms with Crippen LogP contribution in [0.1, 0.15) is 17.0 Å². The predicted octanol–water partition coefficient (Wildman–Crippen LogP) is 0.694. The highest BCUT2D eigenvalue weighted by atomic mass is 32.1. The second-order valence-corrected chi connectivity index (χ2v) is 4.61. The van der Waals surface area contributed by atoms with Crippen LogP contribution in [0.5, 0.6) is 0 Å². The molecule has 0 amide bonds. The lowest BCUT2D eigenvalue weighted by Gasteiger charge is -2.13. The van der Waals surface area contributed by atoms with Crippen LogP contribution >= 0.6 is 11.3 Å². The Bertz CT molecular complexity index is 444. The van der Waals surface area contributed by atoms with Crippen molar-refractivity contribution in [3.05, 3.63) is 10.6 Å². The Morgan fingerprint density at radius 2 is 2.35 bits per heavy atom. The number of nitrogens with two attached hydrogens (primary N) is 2. The number of nitrogens with zero attached hydrogens (tertiary/aromatic N) is 4. The van der Waals surface area contributed by atoms with Gasteiger partial charge in [0, 0.05) is 18.5 Å². The van der Waals surface area contributed by atoms with Crippen LogP contribution in [-0.2, 0) is 6.42 Å². The van der Waals surface area contributed by atoms with Crippen molar-refractivity contribution in [2.45, 2.75) is 19.8 Å².